The fourth-order valence-corrected chi connectivity index (χ4v) is 1.68. The van der Waals surface area contributed by atoms with Crippen LogP contribution in [-0.4, -0.2) is 31.6 Å². The number of fused-ring (bicyclic) bond motifs is 1. The summed E-state index contributed by atoms with van der Waals surface area (Å²) < 4.78 is 26.3. The van der Waals surface area contributed by atoms with E-state index in [1.54, 1.807) is 0 Å². The van der Waals surface area contributed by atoms with E-state index in [0.29, 0.717) is 18.1 Å². The van der Waals surface area contributed by atoms with Gasteiger partial charge in [-0.25, -0.2) is 0 Å². The van der Waals surface area contributed by atoms with Gasteiger partial charge in [-0.05, 0) is 12.1 Å². The summed E-state index contributed by atoms with van der Waals surface area (Å²) in [5, 5.41) is 3.14. The maximum absolute atomic E-state index is 7.57. The van der Waals surface area contributed by atoms with Crippen LogP contribution in [0.4, 0.5) is 0 Å². The molecule has 1 atom stereocenters. The van der Waals surface area contributed by atoms with E-state index in [-0.39, 0.29) is 18.2 Å². The zero-order valence-corrected chi connectivity index (χ0v) is 8.12. The number of hydrogen-bond acceptors (Lipinski definition) is 4. The third kappa shape index (κ3) is 1.52. The van der Waals surface area contributed by atoms with Crippen LogP contribution in [0.25, 0.3) is 0 Å². The number of para-hydroxylation sites is 2. The molecule has 0 amide bonds. The molecule has 2 aliphatic rings. The number of ether oxygens (including phenoxy) is 2. The van der Waals surface area contributed by atoms with E-state index in [2.05, 4.69) is 10.3 Å². The van der Waals surface area contributed by atoms with Crippen LogP contribution < -0.4 is 14.8 Å². The standard InChI is InChI=1S/C11H12N2O2/c1-2-4-9-8(3-1)14-7-10(15-9)11-12-5-6-13-11/h1-4,10H,5-7H2,(H,12,13)/i1D,2D. The van der Waals surface area contributed by atoms with Crippen LogP contribution in [-0.2, 0) is 0 Å². The Bertz CT molecular complexity index is 491. The molecule has 1 aromatic rings. The quantitative estimate of drug-likeness (QED) is 0.740. The van der Waals surface area contributed by atoms with E-state index in [4.69, 9.17) is 12.2 Å². The predicted octanol–water partition coefficient (Wildman–Crippen LogP) is 0.828. The van der Waals surface area contributed by atoms with Crippen LogP contribution in [0.5, 0.6) is 11.5 Å². The maximum atomic E-state index is 7.57. The van der Waals surface area contributed by atoms with E-state index in [1.807, 2.05) is 0 Å². The molecule has 78 valence electrons. The normalized spacial score (nSPS) is 25.1. The number of rotatable bonds is 1. The van der Waals surface area contributed by atoms with E-state index in [1.165, 1.54) is 12.1 Å². The monoisotopic (exact) mass is 206 g/mol. The van der Waals surface area contributed by atoms with Crippen molar-refractivity contribution in [3.8, 4) is 11.5 Å². The zero-order valence-electron chi connectivity index (χ0n) is 10.1. The Kier molecular flexibility index (Phi) is 1.55. The number of nitrogens with one attached hydrogen (secondary N) is 1. The van der Waals surface area contributed by atoms with Gasteiger partial charge in [0.15, 0.2) is 17.6 Å². The molecule has 0 fully saturated rings. The maximum Gasteiger partial charge on any atom is 0.189 e. The summed E-state index contributed by atoms with van der Waals surface area (Å²) in [5.41, 5.74) is 0. The molecule has 0 radical (unpaired) electrons. The highest BCUT2D eigenvalue weighted by molar-refractivity contribution is 5.88. The molecule has 0 saturated heterocycles. The molecule has 1 unspecified atom stereocenters. The molecule has 4 nitrogen and oxygen atoms in total. The average Bonchev–Trinajstić information content (AvgIpc) is 2.83. The summed E-state index contributed by atoms with van der Waals surface area (Å²) in [5.74, 6) is 1.84. The fraction of sp³-hybridized carbons (Fsp3) is 0.364. The molecule has 3 rings (SSSR count). The van der Waals surface area contributed by atoms with Gasteiger partial charge in [0.2, 0.25) is 0 Å². The van der Waals surface area contributed by atoms with Crippen molar-refractivity contribution < 1.29 is 12.2 Å². The van der Waals surface area contributed by atoms with Crippen molar-refractivity contribution in [1.29, 1.82) is 0 Å². The predicted molar refractivity (Wildman–Crippen MR) is 56.7 cm³/mol. The first kappa shape index (κ1) is 6.71. The zero-order chi connectivity index (χ0) is 11.8. The van der Waals surface area contributed by atoms with Crippen LogP contribution in [0.1, 0.15) is 2.74 Å². The minimum atomic E-state index is -0.235. The Hall–Kier alpha value is -1.71. The van der Waals surface area contributed by atoms with Crippen molar-refractivity contribution in [3.63, 3.8) is 0 Å². The minimum absolute atomic E-state index is 0.134. The molecule has 15 heavy (non-hydrogen) atoms. The Labute approximate surface area is 90.7 Å². The smallest absolute Gasteiger partial charge is 0.189 e. The molecule has 0 bridgehead atoms. The summed E-state index contributed by atoms with van der Waals surface area (Å²) in [6.45, 7) is 1.98. The van der Waals surface area contributed by atoms with Crippen molar-refractivity contribution in [2.24, 2.45) is 4.99 Å². The topological polar surface area (TPSA) is 42.8 Å². The summed E-state index contributed by atoms with van der Waals surface area (Å²) in [7, 11) is 0. The molecule has 0 aliphatic carbocycles. The molecule has 4 heteroatoms. The van der Waals surface area contributed by atoms with Crippen LogP contribution >= 0.6 is 0 Å². The molecule has 0 aromatic heterocycles. The summed E-state index contributed by atoms with van der Waals surface area (Å²) in [6, 6.07) is 3.30. The van der Waals surface area contributed by atoms with E-state index in [9.17, 15) is 0 Å². The summed E-state index contributed by atoms with van der Waals surface area (Å²) in [6.07, 6.45) is -0.235. The molecule has 0 saturated carbocycles. The summed E-state index contributed by atoms with van der Waals surface area (Å²) in [4.78, 5) is 4.29. The van der Waals surface area contributed by atoms with Gasteiger partial charge in [-0.15, -0.1) is 0 Å². The number of nitrogens with zero attached hydrogens (tertiary/aromatic N) is 1. The van der Waals surface area contributed by atoms with Gasteiger partial charge in [-0.2, -0.15) is 0 Å². The first-order valence-corrected chi connectivity index (χ1v) is 4.93. The highest BCUT2D eigenvalue weighted by Gasteiger charge is 2.26. The Morgan fingerprint density at radius 3 is 3.07 bits per heavy atom. The van der Waals surface area contributed by atoms with E-state index >= 15 is 0 Å². The number of hydrogen-bond donors (Lipinski definition) is 1. The lowest BCUT2D eigenvalue weighted by Gasteiger charge is -2.26. The lowest BCUT2D eigenvalue weighted by atomic mass is 10.2. The largest absolute Gasteiger partial charge is 0.485 e. The number of benzene rings is 1. The van der Waals surface area contributed by atoms with E-state index in [0.717, 1.165) is 18.9 Å². The Morgan fingerprint density at radius 1 is 1.40 bits per heavy atom. The van der Waals surface area contributed by atoms with Gasteiger partial charge in [0.05, 0.1) is 9.29 Å². The van der Waals surface area contributed by atoms with Crippen molar-refractivity contribution in [2.75, 3.05) is 19.7 Å². The van der Waals surface area contributed by atoms with Gasteiger partial charge in [-0.3, -0.25) is 4.99 Å². The molecule has 2 aliphatic heterocycles. The van der Waals surface area contributed by atoms with Gasteiger partial charge in [0.1, 0.15) is 12.4 Å². The number of aliphatic imine (C=N–C) groups is 1. The second-order valence-electron chi connectivity index (χ2n) is 3.42. The Morgan fingerprint density at radius 2 is 2.27 bits per heavy atom. The van der Waals surface area contributed by atoms with Crippen molar-refractivity contribution in [3.05, 3.63) is 24.2 Å². The van der Waals surface area contributed by atoms with E-state index < -0.39 is 0 Å². The molecular formula is C11H12N2O2. The molecule has 0 spiro atoms. The third-order valence-electron chi connectivity index (χ3n) is 2.40. The molecule has 2 heterocycles. The van der Waals surface area contributed by atoms with Crippen LogP contribution in [0.15, 0.2) is 29.2 Å². The van der Waals surface area contributed by atoms with Gasteiger partial charge in [-0.1, -0.05) is 12.1 Å². The Balaban J connectivity index is 1.87. The van der Waals surface area contributed by atoms with Crippen LogP contribution in [0.3, 0.4) is 0 Å². The molecule has 1 N–H and O–H groups in total. The average molecular weight is 206 g/mol. The lowest BCUT2D eigenvalue weighted by Crippen LogP contribution is -2.42. The van der Waals surface area contributed by atoms with Crippen LogP contribution in [0, 0.1) is 0 Å². The summed E-state index contributed by atoms with van der Waals surface area (Å²) >= 11 is 0. The van der Waals surface area contributed by atoms with Crippen molar-refractivity contribution in [1.82, 2.24) is 5.32 Å². The second kappa shape index (κ2) is 3.46. The third-order valence-corrected chi connectivity index (χ3v) is 2.40. The van der Waals surface area contributed by atoms with Crippen LogP contribution in [0.2, 0.25) is 0 Å². The number of amidine groups is 1. The lowest BCUT2D eigenvalue weighted by molar-refractivity contribution is 0.133. The minimum Gasteiger partial charge on any atom is -0.485 e. The molecule has 1 aromatic carbocycles. The first-order valence-electron chi connectivity index (χ1n) is 5.93. The fourth-order valence-electron chi connectivity index (χ4n) is 1.68. The van der Waals surface area contributed by atoms with Crippen molar-refractivity contribution >= 4 is 5.84 Å². The second-order valence-corrected chi connectivity index (χ2v) is 3.42. The van der Waals surface area contributed by atoms with Gasteiger partial charge < -0.3 is 14.8 Å². The SMILES string of the molecule is [2H]c1cc2c(cc1[2H])OC(C1=NCCN1)CO2. The highest BCUT2D eigenvalue weighted by Crippen LogP contribution is 2.31. The highest BCUT2D eigenvalue weighted by atomic mass is 16.6. The van der Waals surface area contributed by atoms with Crippen molar-refractivity contribution in [2.45, 2.75) is 6.10 Å². The van der Waals surface area contributed by atoms with Gasteiger partial charge in [0.25, 0.3) is 0 Å². The molecular weight excluding hydrogens is 192 g/mol. The van der Waals surface area contributed by atoms with Gasteiger partial charge in [0, 0.05) is 6.54 Å². The van der Waals surface area contributed by atoms with Gasteiger partial charge >= 0.3 is 0 Å². The first-order chi connectivity index (χ1) is 8.24.